The Hall–Kier alpha value is 1.03. The molecule has 0 atom stereocenters. The van der Waals surface area contributed by atoms with Gasteiger partial charge < -0.3 is 0 Å². The van der Waals surface area contributed by atoms with E-state index in [0.717, 1.165) is 0 Å². The second-order valence-corrected chi connectivity index (χ2v) is 46.8. The molecule has 1 aromatic rings. The molecule has 3 heteroatoms. The molecule has 0 aliphatic carbocycles. The van der Waals surface area contributed by atoms with Crippen LogP contribution in [-0.4, -0.2) is 44.8 Å². The van der Waals surface area contributed by atoms with Gasteiger partial charge >= 0.3 is 253 Å². The van der Waals surface area contributed by atoms with Gasteiger partial charge in [0.25, 0.3) is 0 Å². The molecule has 0 saturated heterocycles. The van der Waals surface area contributed by atoms with Gasteiger partial charge in [-0.05, 0) is 0 Å². The Morgan fingerprint density at radius 2 is 0.737 bits per heavy atom. The Morgan fingerprint density at radius 1 is 0.447 bits per heavy atom. The molecule has 222 valence electrons. The van der Waals surface area contributed by atoms with Gasteiger partial charge in [-0.25, -0.2) is 0 Å². The van der Waals surface area contributed by atoms with Gasteiger partial charge in [0, 0.05) is 0 Å². The normalized spacial score (nSPS) is 12.8. The first-order valence-corrected chi connectivity index (χ1v) is 36.5. The predicted molar refractivity (Wildman–Crippen MR) is 187 cm³/mol. The van der Waals surface area contributed by atoms with Crippen LogP contribution in [0, 0.1) is 0 Å². The van der Waals surface area contributed by atoms with Crippen molar-refractivity contribution in [2.45, 2.75) is 173 Å². The zero-order valence-electron chi connectivity index (χ0n) is 27.4. The molecule has 0 nitrogen and oxygen atoms in total. The first-order valence-electron chi connectivity index (χ1n) is 17.4. The summed E-state index contributed by atoms with van der Waals surface area (Å²) < 4.78 is 13.6. The monoisotopic (exact) mass is 758 g/mol. The summed E-state index contributed by atoms with van der Waals surface area (Å²) in [4.78, 5) is 0. The average molecular weight is 756 g/mol. The molecule has 38 heavy (non-hydrogen) atoms. The van der Waals surface area contributed by atoms with E-state index < -0.39 is 44.8 Å². The number of rotatable bonds is 25. The zero-order chi connectivity index (χ0) is 28.2. The van der Waals surface area contributed by atoms with E-state index in [4.69, 9.17) is 0 Å². The minimum absolute atomic E-state index is 1.41. The molecule has 0 aliphatic rings. The molecule has 0 aromatic heterocycles. The molecule has 0 amide bonds. The van der Waals surface area contributed by atoms with Crippen molar-refractivity contribution in [2.75, 3.05) is 0 Å². The van der Waals surface area contributed by atoms with E-state index in [-0.39, 0.29) is 0 Å². The molecule has 0 N–H and O–H groups in total. The molecule has 1 aromatic carbocycles. The fraction of sp³-hybridized carbons (Fsp3) is 0.829. The molecule has 0 unspecified atom stereocenters. The Labute approximate surface area is 251 Å². The van der Waals surface area contributed by atoms with Gasteiger partial charge in [-0.3, -0.25) is 0 Å². The fourth-order valence-electron chi connectivity index (χ4n) is 7.15. The van der Waals surface area contributed by atoms with Crippen LogP contribution in [0.15, 0.2) is 30.3 Å². The van der Waals surface area contributed by atoms with Gasteiger partial charge in [0.1, 0.15) is 0 Å². The second-order valence-electron chi connectivity index (χ2n) is 13.5. The van der Waals surface area contributed by atoms with E-state index in [1.54, 1.807) is 47.6 Å². The molecule has 0 saturated carbocycles. The fourth-order valence-corrected chi connectivity index (χ4v) is 57.1. The van der Waals surface area contributed by atoms with Crippen molar-refractivity contribution in [1.82, 2.24) is 0 Å². The maximum atomic E-state index is 2.86. The molecule has 0 fully saturated rings. The molecule has 0 spiro atoms. The molecule has 0 aliphatic heterocycles. The topological polar surface area (TPSA) is 0 Å². The number of benzene rings is 1. The van der Waals surface area contributed by atoms with E-state index in [1.807, 2.05) is 5.19 Å². The van der Waals surface area contributed by atoms with E-state index in [1.165, 1.54) is 77.0 Å². The van der Waals surface area contributed by atoms with Crippen molar-refractivity contribution in [1.29, 1.82) is 0 Å². The first-order chi connectivity index (χ1) is 18.4. The van der Waals surface area contributed by atoms with Crippen LogP contribution in [0.5, 0.6) is 0 Å². The Balaban J connectivity index is 3.29. The van der Waals surface area contributed by atoms with Gasteiger partial charge in [-0.1, -0.05) is 0 Å². The Morgan fingerprint density at radius 3 is 1.00 bits per heavy atom. The maximum absolute atomic E-state index is 2.86. The SMILES string of the molecule is CCC[CH2][Sn]([CH2]CCC)([CH2]CCC)[CH2]C[Si](C)(C[CH2][Sn]([CH2]CCC)([CH2]CCC)[CH2]CCC)c1ccccc1. The van der Waals surface area contributed by atoms with Crippen LogP contribution in [0.25, 0.3) is 0 Å². The van der Waals surface area contributed by atoms with Gasteiger partial charge in [0.05, 0.1) is 0 Å². The van der Waals surface area contributed by atoms with Gasteiger partial charge in [0.15, 0.2) is 0 Å². The summed E-state index contributed by atoms with van der Waals surface area (Å²) in [5, 5.41) is 1.81. The third-order valence-electron chi connectivity index (χ3n) is 10.2. The summed E-state index contributed by atoms with van der Waals surface area (Å²) in [6.45, 7) is 17.5. The van der Waals surface area contributed by atoms with Crippen molar-refractivity contribution >= 4 is 50.0 Å². The second kappa shape index (κ2) is 21.7. The number of hydrogen-bond donors (Lipinski definition) is 0. The standard InChI is InChI=1S/C11H16Si.6C4H9.2Sn/c1-4-12(3,5-2)11-9-7-6-8-10-11;6*1-3-4-2;;/h6-10H,1-2,4-5H2,3H3;6*1,3-4H2,2H3;;. The van der Waals surface area contributed by atoms with E-state index >= 15 is 0 Å². The van der Waals surface area contributed by atoms with Gasteiger partial charge in [0.2, 0.25) is 0 Å². The van der Waals surface area contributed by atoms with Gasteiger partial charge in [-0.15, -0.1) is 0 Å². The summed E-state index contributed by atoms with van der Waals surface area (Å²) >= 11 is -4.21. The van der Waals surface area contributed by atoms with Crippen LogP contribution in [0.3, 0.4) is 0 Å². The van der Waals surface area contributed by atoms with Crippen LogP contribution >= 0.6 is 0 Å². The number of unbranched alkanes of at least 4 members (excludes halogenated alkanes) is 6. The molecule has 1 rings (SSSR count). The molecule has 0 heterocycles. The molecule has 0 bridgehead atoms. The summed E-state index contributed by atoms with van der Waals surface area (Å²) in [5.41, 5.74) is 0. The van der Waals surface area contributed by atoms with Crippen LogP contribution in [0.2, 0.25) is 54.1 Å². The third kappa shape index (κ3) is 13.8. The Bertz CT molecular complexity index is 594. The van der Waals surface area contributed by atoms with Crippen molar-refractivity contribution in [3.8, 4) is 0 Å². The van der Waals surface area contributed by atoms with Crippen molar-refractivity contribution in [3.63, 3.8) is 0 Å². The van der Waals surface area contributed by atoms with Crippen molar-refractivity contribution in [3.05, 3.63) is 30.3 Å². The summed E-state index contributed by atoms with van der Waals surface area (Å²) in [6, 6.07) is 15.4. The van der Waals surface area contributed by atoms with Crippen LogP contribution in [0.4, 0.5) is 0 Å². The average Bonchev–Trinajstić information content (AvgIpc) is 2.96. The molecule has 0 radical (unpaired) electrons. The summed E-state index contributed by atoms with van der Waals surface area (Å²) in [7, 11) is -1.48. The van der Waals surface area contributed by atoms with Crippen molar-refractivity contribution in [2.24, 2.45) is 0 Å². The van der Waals surface area contributed by atoms with E-state index in [2.05, 4.69) is 78.4 Å². The van der Waals surface area contributed by atoms with Gasteiger partial charge in [-0.2, -0.15) is 0 Å². The Kier molecular flexibility index (Phi) is 21.2. The van der Waals surface area contributed by atoms with Crippen molar-refractivity contribution < 1.29 is 0 Å². The van der Waals surface area contributed by atoms with E-state index in [9.17, 15) is 0 Å². The third-order valence-corrected chi connectivity index (χ3v) is 49.2. The van der Waals surface area contributed by atoms with Crippen LogP contribution in [0.1, 0.15) is 119 Å². The number of hydrogen-bond acceptors (Lipinski definition) is 0. The summed E-state index contributed by atoms with van der Waals surface area (Å²) in [6.07, 6.45) is 17.6. The predicted octanol–water partition coefficient (Wildman–Crippen LogP) is 12.7. The van der Waals surface area contributed by atoms with Crippen LogP contribution < -0.4 is 5.19 Å². The summed E-state index contributed by atoms with van der Waals surface area (Å²) in [5.74, 6) is 0. The minimum atomic E-state index is -2.11. The quantitative estimate of drug-likeness (QED) is 0.0872. The van der Waals surface area contributed by atoms with Crippen LogP contribution in [-0.2, 0) is 0 Å². The zero-order valence-corrected chi connectivity index (χ0v) is 34.2. The molecular weight excluding hydrogens is 686 g/mol. The first kappa shape index (κ1) is 37.1. The molecular formula is C35H70SiSn2. The van der Waals surface area contributed by atoms with E-state index in [0.29, 0.717) is 0 Å².